The lowest BCUT2D eigenvalue weighted by molar-refractivity contribution is -0.139. The molecule has 0 bridgehead atoms. The maximum absolute atomic E-state index is 11.5. The number of carbonyl (C=O) groups excluding carboxylic acids is 1. The fourth-order valence-electron chi connectivity index (χ4n) is 1.35. The minimum absolute atomic E-state index is 0.221. The van der Waals surface area contributed by atoms with Gasteiger partial charge in [0.15, 0.2) is 9.84 Å². The third kappa shape index (κ3) is 2.68. The summed E-state index contributed by atoms with van der Waals surface area (Å²) in [6, 6.07) is 0. The number of ether oxygens (including phenoxy) is 1. The van der Waals surface area contributed by atoms with Crippen LogP contribution in [0.1, 0.15) is 6.92 Å². The summed E-state index contributed by atoms with van der Waals surface area (Å²) in [6.07, 6.45) is 0. The molecule has 1 rings (SSSR count). The lowest BCUT2D eigenvalue weighted by Crippen LogP contribution is -2.53. The molecular weight excluding hydrogens is 206 g/mol. The second kappa shape index (κ2) is 4.27. The summed E-state index contributed by atoms with van der Waals surface area (Å²) in [6.45, 7) is 2.91. The molecule has 0 aromatic heterocycles. The van der Waals surface area contributed by atoms with Crippen LogP contribution in [0.25, 0.3) is 0 Å². The van der Waals surface area contributed by atoms with E-state index in [0.717, 1.165) is 0 Å². The normalized spacial score (nSPS) is 19.0. The summed E-state index contributed by atoms with van der Waals surface area (Å²) in [7, 11) is -1.45. The second-order valence-corrected chi connectivity index (χ2v) is 5.74. The first-order valence-electron chi connectivity index (χ1n) is 4.51. The predicted octanol–water partition coefficient (Wildman–Crippen LogP) is -0.722. The molecule has 1 fully saturated rings. The van der Waals surface area contributed by atoms with E-state index in [-0.39, 0.29) is 6.61 Å². The second-order valence-electron chi connectivity index (χ2n) is 3.46. The van der Waals surface area contributed by atoms with Crippen LogP contribution in [0.5, 0.6) is 0 Å². The molecule has 5 nitrogen and oxygen atoms in total. The van der Waals surface area contributed by atoms with Crippen molar-refractivity contribution >= 4 is 15.8 Å². The van der Waals surface area contributed by atoms with Gasteiger partial charge >= 0.3 is 5.97 Å². The molecule has 6 heteroatoms. The average molecular weight is 221 g/mol. The monoisotopic (exact) mass is 221 g/mol. The van der Waals surface area contributed by atoms with E-state index in [0.29, 0.717) is 13.1 Å². The third-order valence-electron chi connectivity index (χ3n) is 2.16. The molecule has 0 N–H and O–H groups in total. The molecule has 0 amide bonds. The molecule has 0 atom stereocenters. The number of rotatable bonds is 4. The number of carbonyl (C=O) groups is 1. The predicted molar refractivity (Wildman–Crippen MR) is 51.7 cm³/mol. The Morgan fingerprint density at radius 2 is 2.07 bits per heavy atom. The van der Waals surface area contributed by atoms with Crippen molar-refractivity contribution in [3.05, 3.63) is 0 Å². The van der Waals surface area contributed by atoms with Gasteiger partial charge in [-0.1, -0.05) is 0 Å². The van der Waals surface area contributed by atoms with Crippen molar-refractivity contribution < 1.29 is 17.9 Å². The first-order valence-corrected chi connectivity index (χ1v) is 6.23. The summed E-state index contributed by atoms with van der Waals surface area (Å²) >= 11 is 0. The van der Waals surface area contributed by atoms with Gasteiger partial charge in [0, 0.05) is 13.1 Å². The van der Waals surface area contributed by atoms with E-state index in [1.165, 1.54) is 0 Å². The van der Waals surface area contributed by atoms with Gasteiger partial charge in [0.05, 0.1) is 11.9 Å². The van der Waals surface area contributed by atoms with E-state index in [1.54, 1.807) is 6.92 Å². The van der Waals surface area contributed by atoms with E-state index >= 15 is 0 Å². The first-order chi connectivity index (χ1) is 6.45. The van der Waals surface area contributed by atoms with Gasteiger partial charge in [-0.3, -0.25) is 4.79 Å². The Hall–Kier alpha value is -0.620. The molecule has 0 unspecified atom stereocenters. The fourth-order valence-corrected chi connectivity index (χ4v) is 2.96. The van der Waals surface area contributed by atoms with Crippen LogP contribution in [0.2, 0.25) is 0 Å². The van der Waals surface area contributed by atoms with Crippen LogP contribution in [0.4, 0.5) is 0 Å². The molecule has 1 heterocycles. The molecule has 0 aromatic rings. The van der Waals surface area contributed by atoms with Gasteiger partial charge < -0.3 is 9.64 Å². The first kappa shape index (κ1) is 11.5. The van der Waals surface area contributed by atoms with Gasteiger partial charge in [-0.25, -0.2) is 8.42 Å². The zero-order valence-electron chi connectivity index (χ0n) is 8.39. The lowest BCUT2D eigenvalue weighted by Gasteiger charge is -2.35. The zero-order valence-corrected chi connectivity index (χ0v) is 9.21. The Labute approximate surface area is 83.9 Å². The van der Waals surface area contributed by atoms with Gasteiger partial charge in [-0.2, -0.15) is 0 Å². The van der Waals surface area contributed by atoms with Crippen molar-refractivity contribution in [1.29, 1.82) is 0 Å². The largest absolute Gasteiger partial charge is 0.465 e. The molecule has 0 saturated carbocycles. The Balaban J connectivity index is 2.46. The maximum atomic E-state index is 11.5. The highest BCUT2D eigenvalue weighted by atomic mass is 32.2. The van der Waals surface area contributed by atoms with E-state index in [2.05, 4.69) is 4.74 Å². The van der Waals surface area contributed by atoms with E-state index in [4.69, 9.17) is 0 Å². The summed E-state index contributed by atoms with van der Waals surface area (Å²) in [5, 5.41) is -0.392. The molecule has 1 aliphatic heterocycles. The SMILES string of the molecule is CCOC(=O)CS(=O)(=O)C1CN(C)C1. The van der Waals surface area contributed by atoms with Crippen molar-refractivity contribution in [3.63, 3.8) is 0 Å². The topological polar surface area (TPSA) is 63.7 Å². The van der Waals surface area contributed by atoms with Gasteiger partial charge in [0.25, 0.3) is 0 Å². The lowest BCUT2D eigenvalue weighted by atomic mass is 10.2. The van der Waals surface area contributed by atoms with Gasteiger partial charge in [0.1, 0.15) is 5.75 Å². The highest BCUT2D eigenvalue weighted by Crippen LogP contribution is 2.14. The van der Waals surface area contributed by atoms with Crippen molar-refractivity contribution in [1.82, 2.24) is 4.90 Å². The molecule has 0 spiro atoms. The third-order valence-corrected chi connectivity index (χ3v) is 4.11. The van der Waals surface area contributed by atoms with E-state index < -0.39 is 26.8 Å². The number of hydrogen-bond donors (Lipinski definition) is 0. The molecule has 0 aromatic carbocycles. The molecule has 1 aliphatic rings. The molecular formula is C8H15NO4S. The van der Waals surface area contributed by atoms with Crippen LogP contribution in [0, 0.1) is 0 Å². The Kier molecular flexibility index (Phi) is 3.49. The number of hydrogen-bond acceptors (Lipinski definition) is 5. The molecule has 1 saturated heterocycles. The van der Waals surface area contributed by atoms with Crippen LogP contribution in [-0.2, 0) is 19.4 Å². The molecule has 0 radical (unpaired) electrons. The Morgan fingerprint density at radius 1 is 1.50 bits per heavy atom. The van der Waals surface area contributed by atoms with Gasteiger partial charge in [-0.05, 0) is 14.0 Å². The highest BCUT2D eigenvalue weighted by Gasteiger charge is 2.36. The van der Waals surface area contributed by atoms with Crippen molar-refractivity contribution in [3.8, 4) is 0 Å². The molecule has 82 valence electrons. The van der Waals surface area contributed by atoms with Crippen LogP contribution < -0.4 is 0 Å². The maximum Gasteiger partial charge on any atom is 0.321 e. The van der Waals surface area contributed by atoms with Crippen LogP contribution in [-0.4, -0.2) is 57.0 Å². The number of likely N-dealkylation sites (tertiary alicyclic amines) is 1. The van der Waals surface area contributed by atoms with Crippen LogP contribution in [0.15, 0.2) is 0 Å². The molecule has 0 aliphatic carbocycles. The summed E-state index contributed by atoms with van der Waals surface area (Å²) in [5.41, 5.74) is 0. The minimum atomic E-state index is -3.29. The van der Waals surface area contributed by atoms with E-state index in [9.17, 15) is 13.2 Å². The van der Waals surface area contributed by atoms with Gasteiger partial charge in [0.2, 0.25) is 0 Å². The summed E-state index contributed by atoms with van der Waals surface area (Å²) in [5.74, 6) is -1.14. The minimum Gasteiger partial charge on any atom is -0.465 e. The number of sulfone groups is 1. The highest BCUT2D eigenvalue weighted by molar-refractivity contribution is 7.92. The smallest absolute Gasteiger partial charge is 0.321 e. The standard InChI is InChI=1S/C8H15NO4S/c1-3-13-8(10)6-14(11,12)7-4-9(2)5-7/h7H,3-6H2,1-2H3. The Morgan fingerprint density at radius 3 is 2.50 bits per heavy atom. The van der Waals surface area contributed by atoms with Crippen molar-refractivity contribution in [2.45, 2.75) is 12.2 Å². The number of nitrogens with zero attached hydrogens (tertiary/aromatic N) is 1. The zero-order chi connectivity index (χ0) is 10.8. The van der Waals surface area contributed by atoms with Crippen LogP contribution >= 0.6 is 0 Å². The van der Waals surface area contributed by atoms with Crippen molar-refractivity contribution in [2.24, 2.45) is 0 Å². The number of esters is 1. The quantitative estimate of drug-likeness (QED) is 0.586. The summed E-state index contributed by atoms with van der Waals surface area (Å²) < 4.78 is 27.6. The Bertz CT molecular complexity index is 305. The van der Waals surface area contributed by atoms with E-state index in [1.807, 2.05) is 11.9 Å². The van der Waals surface area contributed by atoms with Crippen molar-refractivity contribution in [2.75, 3.05) is 32.5 Å². The summed E-state index contributed by atoms with van der Waals surface area (Å²) in [4.78, 5) is 12.9. The van der Waals surface area contributed by atoms with Gasteiger partial charge in [-0.15, -0.1) is 0 Å². The average Bonchev–Trinajstić information content (AvgIpc) is 1.98. The molecule has 14 heavy (non-hydrogen) atoms. The van der Waals surface area contributed by atoms with Crippen LogP contribution in [0.3, 0.4) is 0 Å². The fraction of sp³-hybridized carbons (Fsp3) is 0.875.